The third kappa shape index (κ3) is 4.01. The number of carbonyl (C=O) groups excluding carboxylic acids is 1. The van der Waals surface area contributed by atoms with Crippen LogP contribution in [0.3, 0.4) is 0 Å². The Kier molecular flexibility index (Phi) is 5.93. The zero-order valence-corrected chi connectivity index (χ0v) is 22.4. The number of hydrogen-bond acceptors (Lipinski definition) is 4. The Labute approximate surface area is 230 Å². The minimum Gasteiger partial charge on any atom is -0.341 e. The number of H-pyrrole nitrogens is 1. The van der Waals surface area contributed by atoms with Gasteiger partial charge in [-0.2, -0.15) is 0 Å². The summed E-state index contributed by atoms with van der Waals surface area (Å²) >= 11 is 1.71. The topological polar surface area (TPSA) is 66.3 Å². The van der Waals surface area contributed by atoms with Gasteiger partial charge in [0.25, 0.3) is 5.91 Å². The van der Waals surface area contributed by atoms with Gasteiger partial charge in [0.1, 0.15) is 11.0 Å². The van der Waals surface area contributed by atoms with E-state index in [9.17, 15) is 4.79 Å². The highest BCUT2D eigenvalue weighted by atomic mass is 32.2. The van der Waals surface area contributed by atoms with Crippen LogP contribution in [0.1, 0.15) is 27.7 Å². The number of aryl methyl sites for hydroxylation is 1. The molecule has 1 unspecified atom stereocenters. The standard InChI is InChI=1S/C32H27N5OS/c1-36-26-15-6-3-12-23(26)29(28-22-11-2-5-14-25(22)35-30(28)36)34-18-9-19-37-31(38)24-13-4-7-16-27(24)39-32(37)21-10-8-17-33-20-21/h2-8,10-17,20,32,35H,9,18-19H2,1H3. The number of hydrogen-bond donors (Lipinski definition) is 1. The number of aromatic amines is 1. The molecule has 0 aliphatic carbocycles. The fourth-order valence-corrected chi connectivity index (χ4v) is 6.90. The number of thioether (sulfide) groups is 1. The van der Waals surface area contributed by atoms with E-state index in [1.54, 1.807) is 18.0 Å². The van der Waals surface area contributed by atoms with E-state index in [2.05, 4.69) is 70.1 Å². The van der Waals surface area contributed by atoms with Gasteiger partial charge in [0.05, 0.1) is 21.8 Å². The molecule has 0 radical (unpaired) electrons. The van der Waals surface area contributed by atoms with Crippen LogP contribution in [0.15, 0.2) is 107 Å². The molecule has 0 fully saturated rings. The van der Waals surface area contributed by atoms with Crippen LogP contribution in [0.25, 0.3) is 32.8 Å². The molecule has 3 aromatic heterocycles. The second-order valence-electron chi connectivity index (χ2n) is 9.81. The van der Waals surface area contributed by atoms with E-state index in [1.165, 1.54) is 5.39 Å². The number of nitrogens with zero attached hydrogens (tertiary/aromatic N) is 4. The number of nitrogens with one attached hydrogen (secondary N) is 1. The summed E-state index contributed by atoms with van der Waals surface area (Å²) in [6, 6.07) is 28.7. The zero-order valence-electron chi connectivity index (χ0n) is 21.5. The van der Waals surface area contributed by atoms with Crippen molar-refractivity contribution >= 4 is 50.5 Å². The van der Waals surface area contributed by atoms with Crippen molar-refractivity contribution < 1.29 is 4.79 Å². The lowest BCUT2D eigenvalue weighted by atomic mass is 10.1. The predicted molar refractivity (Wildman–Crippen MR) is 158 cm³/mol. The number of amides is 1. The smallest absolute Gasteiger partial charge is 0.256 e. The summed E-state index contributed by atoms with van der Waals surface area (Å²) in [5.74, 6) is 0.0643. The van der Waals surface area contributed by atoms with E-state index in [-0.39, 0.29) is 11.3 Å². The molecule has 1 atom stereocenters. The summed E-state index contributed by atoms with van der Waals surface area (Å²) in [4.78, 5) is 29.7. The molecule has 1 amide bonds. The maximum atomic E-state index is 13.6. The fraction of sp³-hybridized carbons (Fsp3) is 0.156. The molecule has 39 heavy (non-hydrogen) atoms. The van der Waals surface area contributed by atoms with E-state index in [4.69, 9.17) is 4.99 Å². The van der Waals surface area contributed by atoms with Gasteiger partial charge in [-0.3, -0.25) is 14.8 Å². The summed E-state index contributed by atoms with van der Waals surface area (Å²) in [5, 5.41) is 4.33. The first-order chi connectivity index (χ1) is 19.2. The second-order valence-corrected chi connectivity index (χ2v) is 10.9. The third-order valence-corrected chi connectivity index (χ3v) is 8.84. The van der Waals surface area contributed by atoms with E-state index in [0.717, 1.165) is 55.3 Å². The summed E-state index contributed by atoms with van der Waals surface area (Å²) in [5.41, 5.74) is 5.09. The Morgan fingerprint density at radius 2 is 1.74 bits per heavy atom. The van der Waals surface area contributed by atoms with Gasteiger partial charge in [0.2, 0.25) is 0 Å². The fourth-order valence-electron chi connectivity index (χ4n) is 5.62. The molecule has 6 aromatic rings. The molecule has 0 spiro atoms. The van der Waals surface area contributed by atoms with Crippen molar-refractivity contribution in [1.29, 1.82) is 0 Å². The maximum absolute atomic E-state index is 13.6. The number of para-hydroxylation sites is 2. The average molecular weight is 530 g/mol. The Bertz CT molecular complexity index is 1920. The molecular weight excluding hydrogens is 502 g/mol. The molecule has 0 saturated heterocycles. The van der Waals surface area contributed by atoms with Gasteiger partial charge in [-0.25, -0.2) is 0 Å². The van der Waals surface area contributed by atoms with Gasteiger partial charge in [-0.15, -0.1) is 0 Å². The van der Waals surface area contributed by atoms with Crippen molar-refractivity contribution in [1.82, 2.24) is 19.4 Å². The van der Waals surface area contributed by atoms with E-state index in [0.29, 0.717) is 13.1 Å². The quantitative estimate of drug-likeness (QED) is 0.261. The van der Waals surface area contributed by atoms with Crippen LogP contribution in [0.5, 0.6) is 0 Å². The van der Waals surface area contributed by atoms with Crippen molar-refractivity contribution in [2.75, 3.05) is 13.1 Å². The third-order valence-electron chi connectivity index (χ3n) is 7.48. The first-order valence-corrected chi connectivity index (χ1v) is 14.0. The van der Waals surface area contributed by atoms with Crippen molar-refractivity contribution in [3.8, 4) is 0 Å². The minimum atomic E-state index is -0.113. The highest BCUT2D eigenvalue weighted by Crippen LogP contribution is 2.44. The van der Waals surface area contributed by atoms with Crippen LogP contribution in [-0.2, 0) is 7.05 Å². The highest BCUT2D eigenvalue weighted by Gasteiger charge is 2.33. The Hall–Kier alpha value is -4.36. The second kappa shape index (κ2) is 9.75. The molecule has 0 saturated carbocycles. The molecule has 7 heteroatoms. The molecule has 7 rings (SSSR count). The van der Waals surface area contributed by atoms with Gasteiger partial charge < -0.3 is 14.5 Å². The SMILES string of the molecule is Cn1c2ccccc2c(=NCCCN2C(=O)c3ccccc3SC2c2cccnc2)c2c3ccccc3[nH]c21. The minimum absolute atomic E-state index is 0.0643. The first kappa shape index (κ1) is 23.7. The van der Waals surface area contributed by atoms with E-state index in [1.807, 2.05) is 47.5 Å². The lowest BCUT2D eigenvalue weighted by molar-refractivity contribution is 0.0724. The monoisotopic (exact) mass is 529 g/mol. The van der Waals surface area contributed by atoms with Crippen LogP contribution in [-0.4, -0.2) is 38.4 Å². The molecule has 192 valence electrons. The highest BCUT2D eigenvalue weighted by molar-refractivity contribution is 7.99. The van der Waals surface area contributed by atoms with E-state index < -0.39 is 0 Å². The van der Waals surface area contributed by atoms with Crippen LogP contribution in [0, 0.1) is 0 Å². The summed E-state index contributed by atoms with van der Waals surface area (Å²) in [6.45, 7) is 1.22. The Morgan fingerprint density at radius 1 is 0.949 bits per heavy atom. The molecule has 1 aliphatic heterocycles. The van der Waals surface area contributed by atoms with Crippen molar-refractivity contribution in [2.24, 2.45) is 12.0 Å². The number of benzene rings is 3. The summed E-state index contributed by atoms with van der Waals surface area (Å²) in [7, 11) is 2.10. The molecule has 1 aliphatic rings. The van der Waals surface area contributed by atoms with Crippen molar-refractivity contribution in [2.45, 2.75) is 16.7 Å². The lowest BCUT2D eigenvalue weighted by Gasteiger charge is -2.36. The summed E-state index contributed by atoms with van der Waals surface area (Å²) < 4.78 is 2.21. The molecule has 1 N–H and O–H groups in total. The Balaban J connectivity index is 1.26. The maximum Gasteiger partial charge on any atom is 0.256 e. The molecule has 4 heterocycles. The van der Waals surface area contributed by atoms with Gasteiger partial charge in [0, 0.05) is 59.3 Å². The zero-order chi connectivity index (χ0) is 26.3. The number of fused-ring (bicyclic) bond motifs is 5. The van der Waals surface area contributed by atoms with Gasteiger partial charge >= 0.3 is 0 Å². The normalized spacial score (nSPS) is 15.9. The van der Waals surface area contributed by atoms with Gasteiger partial charge in [-0.1, -0.05) is 66.4 Å². The number of rotatable bonds is 5. The van der Waals surface area contributed by atoms with Gasteiger partial charge in [0.15, 0.2) is 0 Å². The van der Waals surface area contributed by atoms with Gasteiger partial charge in [-0.05, 0) is 36.8 Å². The first-order valence-electron chi connectivity index (χ1n) is 13.2. The largest absolute Gasteiger partial charge is 0.341 e. The molecule has 3 aromatic carbocycles. The average Bonchev–Trinajstić information content (AvgIpc) is 3.38. The predicted octanol–water partition coefficient (Wildman–Crippen LogP) is 6.45. The molecule has 0 bridgehead atoms. The number of pyridine rings is 2. The van der Waals surface area contributed by atoms with Crippen LogP contribution < -0.4 is 5.36 Å². The van der Waals surface area contributed by atoms with Crippen LogP contribution >= 0.6 is 11.8 Å². The number of aromatic nitrogens is 3. The van der Waals surface area contributed by atoms with Crippen LogP contribution in [0.2, 0.25) is 0 Å². The summed E-state index contributed by atoms with van der Waals surface area (Å²) in [6.07, 6.45) is 4.39. The number of carbonyl (C=O) groups is 1. The lowest BCUT2D eigenvalue weighted by Crippen LogP contribution is -2.37. The Morgan fingerprint density at radius 3 is 2.62 bits per heavy atom. The van der Waals surface area contributed by atoms with E-state index >= 15 is 0 Å². The molecule has 6 nitrogen and oxygen atoms in total. The van der Waals surface area contributed by atoms with Crippen molar-refractivity contribution in [3.05, 3.63) is 114 Å². The van der Waals surface area contributed by atoms with Crippen molar-refractivity contribution in [3.63, 3.8) is 0 Å². The molecular formula is C32H27N5OS. The van der Waals surface area contributed by atoms with Crippen LogP contribution in [0.4, 0.5) is 0 Å².